The maximum atomic E-state index is 12.1. The molecule has 25 heavy (non-hydrogen) atoms. The zero-order valence-corrected chi connectivity index (χ0v) is 15.2. The maximum Gasteiger partial charge on any atom is 0.234 e. The Kier molecular flexibility index (Phi) is 5.73. The van der Waals surface area contributed by atoms with Gasteiger partial charge in [0.15, 0.2) is 5.16 Å². The number of amides is 1. The second kappa shape index (κ2) is 8.18. The number of rotatable bonds is 6. The molecule has 5 nitrogen and oxygen atoms in total. The van der Waals surface area contributed by atoms with E-state index >= 15 is 0 Å². The van der Waals surface area contributed by atoms with E-state index in [1.807, 2.05) is 29.7 Å². The van der Waals surface area contributed by atoms with E-state index in [0.29, 0.717) is 17.3 Å². The first-order valence-corrected chi connectivity index (χ1v) is 9.10. The van der Waals surface area contributed by atoms with Crippen LogP contribution in [-0.2, 0) is 11.3 Å². The van der Waals surface area contributed by atoms with Crippen molar-refractivity contribution in [3.8, 4) is 0 Å². The van der Waals surface area contributed by atoms with E-state index in [-0.39, 0.29) is 11.7 Å². The fraction of sp³-hybridized carbons (Fsp3) is 0.167. The van der Waals surface area contributed by atoms with Crippen LogP contribution in [0.4, 0.5) is 5.69 Å². The number of hydrogen-bond donors (Lipinski definition) is 1. The second-order valence-electron chi connectivity index (χ2n) is 5.45. The fourth-order valence-electron chi connectivity index (χ4n) is 2.31. The SMILES string of the molecule is Cc1nnc(SCC(=O)Nc2cccc(Cl)c2)n1Cc1ccccc1. The molecule has 0 bridgehead atoms. The largest absolute Gasteiger partial charge is 0.325 e. The molecule has 0 spiro atoms. The van der Waals surface area contributed by atoms with E-state index in [2.05, 4.69) is 27.6 Å². The molecule has 1 aromatic heterocycles. The van der Waals surface area contributed by atoms with E-state index in [9.17, 15) is 4.79 Å². The minimum Gasteiger partial charge on any atom is -0.325 e. The van der Waals surface area contributed by atoms with Crippen molar-refractivity contribution in [2.75, 3.05) is 11.1 Å². The zero-order valence-electron chi connectivity index (χ0n) is 13.6. The number of anilines is 1. The van der Waals surface area contributed by atoms with Gasteiger partial charge in [-0.3, -0.25) is 4.79 Å². The van der Waals surface area contributed by atoms with E-state index < -0.39 is 0 Å². The van der Waals surface area contributed by atoms with Gasteiger partial charge in [-0.15, -0.1) is 10.2 Å². The highest BCUT2D eigenvalue weighted by atomic mass is 35.5. The zero-order chi connectivity index (χ0) is 17.6. The number of carbonyl (C=O) groups is 1. The van der Waals surface area contributed by atoms with Crippen molar-refractivity contribution in [3.05, 3.63) is 71.0 Å². The lowest BCUT2D eigenvalue weighted by atomic mass is 10.2. The topological polar surface area (TPSA) is 59.8 Å². The summed E-state index contributed by atoms with van der Waals surface area (Å²) in [5.74, 6) is 0.958. The van der Waals surface area contributed by atoms with Crippen LogP contribution in [0.2, 0.25) is 5.02 Å². The smallest absolute Gasteiger partial charge is 0.234 e. The molecule has 0 aliphatic carbocycles. The van der Waals surface area contributed by atoms with Crippen LogP contribution in [0.3, 0.4) is 0 Å². The number of benzene rings is 2. The lowest BCUT2D eigenvalue weighted by molar-refractivity contribution is -0.113. The molecule has 128 valence electrons. The number of hydrogen-bond acceptors (Lipinski definition) is 4. The summed E-state index contributed by atoms with van der Waals surface area (Å²) in [5.41, 5.74) is 1.84. The van der Waals surface area contributed by atoms with Crippen molar-refractivity contribution in [1.29, 1.82) is 0 Å². The van der Waals surface area contributed by atoms with Crippen LogP contribution in [0.15, 0.2) is 59.8 Å². The Morgan fingerprint density at radius 1 is 1.16 bits per heavy atom. The molecule has 1 heterocycles. The summed E-state index contributed by atoms with van der Waals surface area (Å²) in [6.07, 6.45) is 0. The lowest BCUT2D eigenvalue weighted by Gasteiger charge is -2.09. The van der Waals surface area contributed by atoms with Crippen LogP contribution < -0.4 is 5.32 Å². The standard InChI is InChI=1S/C18H17ClN4OS/c1-13-21-22-18(23(13)11-14-6-3-2-4-7-14)25-12-17(24)20-16-9-5-8-15(19)10-16/h2-10H,11-12H2,1H3,(H,20,24). The molecule has 0 unspecified atom stereocenters. The Balaban J connectivity index is 1.62. The average molecular weight is 373 g/mol. The van der Waals surface area contributed by atoms with E-state index in [0.717, 1.165) is 16.5 Å². The highest BCUT2D eigenvalue weighted by Crippen LogP contribution is 2.20. The Morgan fingerprint density at radius 2 is 1.96 bits per heavy atom. The Morgan fingerprint density at radius 3 is 2.72 bits per heavy atom. The van der Waals surface area contributed by atoms with E-state index in [1.54, 1.807) is 24.3 Å². The van der Waals surface area contributed by atoms with Gasteiger partial charge in [0, 0.05) is 10.7 Å². The summed E-state index contributed by atoms with van der Waals surface area (Å²) < 4.78 is 2.01. The molecule has 0 fully saturated rings. The highest BCUT2D eigenvalue weighted by Gasteiger charge is 2.12. The Hall–Kier alpha value is -2.31. The third kappa shape index (κ3) is 4.84. The number of halogens is 1. The van der Waals surface area contributed by atoms with Crippen molar-refractivity contribution in [2.24, 2.45) is 0 Å². The average Bonchev–Trinajstić information content (AvgIpc) is 2.94. The van der Waals surface area contributed by atoms with Crippen LogP contribution in [0.1, 0.15) is 11.4 Å². The van der Waals surface area contributed by atoms with Crippen molar-refractivity contribution >= 4 is 35.0 Å². The number of aromatic nitrogens is 3. The normalized spacial score (nSPS) is 10.6. The summed E-state index contributed by atoms with van der Waals surface area (Å²) in [4.78, 5) is 12.1. The molecule has 0 radical (unpaired) electrons. The third-order valence-corrected chi connectivity index (χ3v) is 4.73. The molecule has 0 saturated heterocycles. The predicted molar refractivity (Wildman–Crippen MR) is 101 cm³/mol. The summed E-state index contributed by atoms with van der Waals surface area (Å²) in [6, 6.07) is 17.2. The van der Waals surface area contributed by atoms with Gasteiger partial charge in [0.05, 0.1) is 12.3 Å². The minimum absolute atomic E-state index is 0.112. The monoisotopic (exact) mass is 372 g/mol. The van der Waals surface area contributed by atoms with Gasteiger partial charge >= 0.3 is 0 Å². The van der Waals surface area contributed by atoms with Crippen LogP contribution in [0.5, 0.6) is 0 Å². The number of aryl methyl sites for hydroxylation is 1. The van der Waals surface area contributed by atoms with Crippen LogP contribution in [-0.4, -0.2) is 26.4 Å². The molecule has 0 atom stereocenters. The predicted octanol–water partition coefficient (Wildman–Crippen LogP) is 4.02. The molecule has 3 aromatic rings. The molecule has 1 N–H and O–H groups in total. The van der Waals surface area contributed by atoms with Gasteiger partial charge < -0.3 is 9.88 Å². The summed E-state index contributed by atoms with van der Waals surface area (Å²) in [5, 5.41) is 12.4. The molecule has 1 amide bonds. The van der Waals surface area contributed by atoms with Crippen molar-refractivity contribution < 1.29 is 4.79 Å². The second-order valence-corrected chi connectivity index (χ2v) is 6.83. The first-order valence-electron chi connectivity index (χ1n) is 7.74. The summed E-state index contributed by atoms with van der Waals surface area (Å²) in [7, 11) is 0. The molecule has 0 aliphatic heterocycles. The number of nitrogens with zero attached hydrogens (tertiary/aromatic N) is 3. The highest BCUT2D eigenvalue weighted by molar-refractivity contribution is 7.99. The molecule has 7 heteroatoms. The van der Waals surface area contributed by atoms with Gasteiger partial charge in [-0.25, -0.2) is 0 Å². The molecular formula is C18H17ClN4OS. The molecule has 2 aromatic carbocycles. The van der Waals surface area contributed by atoms with Crippen molar-refractivity contribution in [2.45, 2.75) is 18.6 Å². The first-order chi connectivity index (χ1) is 12.1. The molecule has 0 saturated carbocycles. The molecule has 0 aliphatic rings. The van der Waals surface area contributed by atoms with Gasteiger partial charge in [0.1, 0.15) is 5.82 Å². The molecule has 3 rings (SSSR count). The Labute approximate surface area is 155 Å². The number of carbonyl (C=O) groups excluding carboxylic acids is 1. The van der Waals surface area contributed by atoms with Crippen LogP contribution in [0.25, 0.3) is 0 Å². The van der Waals surface area contributed by atoms with Gasteiger partial charge in [-0.1, -0.05) is 59.8 Å². The van der Waals surface area contributed by atoms with Gasteiger partial charge in [0.2, 0.25) is 5.91 Å². The van der Waals surface area contributed by atoms with Gasteiger partial charge in [-0.2, -0.15) is 0 Å². The molecular weight excluding hydrogens is 356 g/mol. The number of thioether (sulfide) groups is 1. The lowest BCUT2D eigenvalue weighted by Crippen LogP contribution is -2.14. The third-order valence-electron chi connectivity index (χ3n) is 3.53. The minimum atomic E-state index is -0.112. The number of nitrogens with one attached hydrogen (secondary N) is 1. The summed E-state index contributed by atoms with van der Waals surface area (Å²) in [6.45, 7) is 2.59. The maximum absolute atomic E-state index is 12.1. The van der Waals surface area contributed by atoms with Crippen LogP contribution >= 0.6 is 23.4 Å². The van der Waals surface area contributed by atoms with E-state index in [4.69, 9.17) is 11.6 Å². The van der Waals surface area contributed by atoms with Crippen molar-refractivity contribution in [3.63, 3.8) is 0 Å². The summed E-state index contributed by atoms with van der Waals surface area (Å²) >= 11 is 7.29. The van der Waals surface area contributed by atoms with E-state index in [1.165, 1.54) is 11.8 Å². The van der Waals surface area contributed by atoms with Gasteiger partial charge in [0.25, 0.3) is 0 Å². The van der Waals surface area contributed by atoms with Gasteiger partial charge in [-0.05, 0) is 30.7 Å². The fourth-order valence-corrected chi connectivity index (χ4v) is 3.28. The first kappa shape index (κ1) is 17.5. The van der Waals surface area contributed by atoms with Crippen LogP contribution in [0, 0.1) is 6.92 Å². The Bertz CT molecular complexity index is 867. The quantitative estimate of drug-likeness (QED) is 0.664. The van der Waals surface area contributed by atoms with Crippen molar-refractivity contribution in [1.82, 2.24) is 14.8 Å².